The largest absolute Gasteiger partial charge is 0.482 e. The highest BCUT2D eigenvalue weighted by molar-refractivity contribution is 7.16. The Kier molecular flexibility index (Phi) is 5.70. The fraction of sp³-hybridized carbons (Fsp3) is 0.312. The molecule has 0 radical (unpaired) electrons. The maximum atomic E-state index is 11.6. The third-order valence-corrected chi connectivity index (χ3v) is 3.90. The molecule has 1 heterocycles. The molecule has 0 aliphatic rings. The molecule has 2 aromatic rings. The van der Waals surface area contributed by atoms with Gasteiger partial charge >= 0.3 is 5.97 Å². The first kappa shape index (κ1) is 17.0. The van der Waals surface area contributed by atoms with Crippen molar-refractivity contribution in [2.75, 3.05) is 11.9 Å². The SMILES string of the molecule is CCCC(=O)Nc1nc(-c2ccc(OCC(=O)O)cc2)c(C)s1. The lowest BCUT2D eigenvalue weighted by Crippen LogP contribution is -2.10. The van der Waals surface area contributed by atoms with E-state index in [0.717, 1.165) is 22.6 Å². The third kappa shape index (κ3) is 4.79. The van der Waals surface area contributed by atoms with E-state index in [1.807, 2.05) is 26.0 Å². The van der Waals surface area contributed by atoms with Crippen molar-refractivity contribution in [1.82, 2.24) is 4.98 Å². The van der Waals surface area contributed by atoms with Crippen LogP contribution in [0.3, 0.4) is 0 Å². The van der Waals surface area contributed by atoms with Gasteiger partial charge in [-0.3, -0.25) is 4.79 Å². The number of benzene rings is 1. The van der Waals surface area contributed by atoms with Crippen LogP contribution in [-0.2, 0) is 9.59 Å². The second-order valence-corrected chi connectivity index (χ2v) is 6.13. The predicted molar refractivity (Wildman–Crippen MR) is 89.0 cm³/mol. The maximum absolute atomic E-state index is 11.6. The molecule has 6 nitrogen and oxygen atoms in total. The van der Waals surface area contributed by atoms with E-state index in [1.54, 1.807) is 12.1 Å². The summed E-state index contributed by atoms with van der Waals surface area (Å²) in [4.78, 5) is 27.6. The Labute approximate surface area is 138 Å². The topological polar surface area (TPSA) is 88.5 Å². The number of nitrogens with one attached hydrogen (secondary N) is 1. The molecule has 0 saturated carbocycles. The van der Waals surface area contributed by atoms with Gasteiger partial charge in [0.05, 0.1) is 5.69 Å². The number of carboxylic acid groups (broad SMARTS) is 1. The van der Waals surface area contributed by atoms with Gasteiger partial charge < -0.3 is 15.2 Å². The average molecular weight is 334 g/mol. The Morgan fingerprint density at radius 3 is 2.61 bits per heavy atom. The number of hydrogen-bond donors (Lipinski definition) is 2. The third-order valence-electron chi connectivity index (χ3n) is 3.01. The smallest absolute Gasteiger partial charge is 0.341 e. The van der Waals surface area contributed by atoms with Crippen molar-refractivity contribution in [3.63, 3.8) is 0 Å². The number of anilines is 1. The number of thiazole rings is 1. The second-order valence-electron chi connectivity index (χ2n) is 4.93. The van der Waals surface area contributed by atoms with Gasteiger partial charge in [-0.2, -0.15) is 0 Å². The lowest BCUT2D eigenvalue weighted by Gasteiger charge is -2.04. The van der Waals surface area contributed by atoms with Crippen LogP contribution >= 0.6 is 11.3 Å². The second kappa shape index (κ2) is 7.73. The summed E-state index contributed by atoms with van der Waals surface area (Å²) in [6.07, 6.45) is 1.27. The van der Waals surface area contributed by atoms with Crippen LogP contribution in [0.1, 0.15) is 24.6 Å². The number of aryl methyl sites for hydroxylation is 1. The number of carbonyl (C=O) groups excluding carboxylic acids is 1. The molecule has 7 heteroatoms. The predicted octanol–water partition coefficient (Wildman–Crippen LogP) is 3.32. The number of carboxylic acids is 1. The van der Waals surface area contributed by atoms with E-state index in [4.69, 9.17) is 9.84 Å². The lowest BCUT2D eigenvalue weighted by molar-refractivity contribution is -0.139. The summed E-state index contributed by atoms with van der Waals surface area (Å²) in [5.41, 5.74) is 1.68. The van der Waals surface area contributed by atoms with Gasteiger partial charge in [0.2, 0.25) is 5.91 Å². The van der Waals surface area contributed by atoms with Gasteiger partial charge in [0.15, 0.2) is 11.7 Å². The van der Waals surface area contributed by atoms with E-state index >= 15 is 0 Å². The van der Waals surface area contributed by atoms with E-state index in [-0.39, 0.29) is 12.5 Å². The minimum Gasteiger partial charge on any atom is -0.482 e. The number of rotatable bonds is 7. The summed E-state index contributed by atoms with van der Waals surface area (Å²) in [7, 11) is 0. The van der Waals surface area contributed by atoms with Crippen molar-refractivity contribution in [2.24, 2.45) is 0 Å². The molecule has 1 aromatic carbocycles. The molecule has 0 fully saturated rings. The number of aromatic nitrogens is 1. The Bertz CT molecular complexity index is 695. The van der Waals surface area contributed by atoms with Crippen LogP contribution < -0.4 is 10.1 Å². The van der Waals surface area contributed by atoms with Crippen molar-refractivity contribution in [3.8, 4) is 17.0 Å². The monoisotopic (exact) mass is 334 g/mol. The van der Waals surface area contributed by atoms with Gasteiger partial charge in [0, 0.05) is 16.9 Å². The van der Waals surface area contributed by atoms with Gasteiger partial charge in [-0.1, -0.05) is 6.92 Å². The highest BCUT2D eigenvalue weighted by Crippen LogP contribution is 2.31. The van der Waals surface area contributed by atoms with Gasteiger partial charge in [-0.25, -0.2) is 9.78 Å². The molecule has 122 valence electrons. The molecule has 0 saturated heterocycles. The zero-order valence-electron chi connectivity index (χ0n) is 13.0. The van der Waals surface area contributed by atoms with Gasteiger partial charge in [-0.05, 0) is 37.6 Å². The number of amides is 1. The Morgan fingerprint density at radius 2 is 2.00 bits per heavy atom. The molecule has 2 N–H and O–H groups in total. The number of ether oxygens (including phenoxy) is 1. The van der Waals surface area contributed by atoms with Crippen LogP contribution in [0.2, 0.25) is 0 Å². The van der Waals surface area contributed by atoms with Gasteiger partial charge in [-0.15, -0.1) is 11.3 Å². The highest BCUT2D eigenvalue weighted by atomic mass is 32.1. The summed E-state index contributed by atoms with van der Waals surface area (Å²) in [5, 5.41) is 12.0. The number of hydrogen-bond acceptors (Lipinski definition) is 5. The van der Waals surface area contributed by atoms with Crippen molar-refractivity contribution in [3.05, 3.63) is 29.1 Å². The first-order valence-corrected chi connectivity index (χ1v) is 8.03. The van der Waals surface area contributed by atoms with Crippen molar-refractivity contribution in [2.45, 2.75) is 26.7 Å². The molecule has 0 unspecified atom stereocenters. The van der Waals surface area contributed by atoms with E-state index in [0.29, 0.717) is 17.3 Å². The lowest BCUT2D eigenvalue weighted by atomic mass is 10.1. The Hall–Kier alpha value is -2.41. The van der Waals surface area contributed by atoms with Crippen molar-refractivity contribution < 1.29 is 19.4 Å². The zero-order chi connectivity index (χ0) is 16.8. The van der Waals surface area contributed by atoms with Crippen molar-refractivity contribution in [1.29, 1.82) is 0 Å². The minimum absolute atomic E-state index is 0.0368. The van der Waals surface area contributed by atoms with E-state index in [9.17, 15) is 9.59 Å². The standard InChI is InChI=1S/C16H18N2O4S/c1-3-4-13(19)17-16-18-15(10(2)23-16)11-5-7-12(8-6-11)22-9-14(20)21/h5-8H,3-4,9H2,1-2H3,(H,20,21)(H,17,18,19). The van der Waals surface area contributed by atoms with Crippen LogP contribution in [-0.4, -0.2) is 28.6 Å². The van der Waals surface area contributed by atoms with Crippen LogP contribution in [0.25, 0.3) is 11.3 Å². The molecule has 0 atom stereocenters. The Balaban J connectivity index is 2.10. The van der Waals surface area contributed by atoms with E-state index in [2.05, 4.69) is 10.3 Å². The summed E-state index contributed by atoms with van der Waals surface area (Å²) in [6.45, 7) is 3.52. The molecular weight excluding hydrogens is 316 g/mol. The minimum atomic E-state index is -1.02. The Morgan fingerprint density at radius 1 is 1.30 bits per heavy atom. The maximum Gasteiger partial charge on any atom is 0.341 e. The van der Waals surface area contributed by atoms with E-state index < -0.39 is 5.97 Å². The summed E-state index contributed by atoms with van der Waals surface area (Å²) in [5.74, 6) is -0.567. The molecule has 1 amide bonds. The fourth-order valence-corrected chi connectivity index (χ4v) is 2.83. The summed E-state index contributed by atoms with van der Waals surface area (Å²) in [6, 6.07) is 7.03. The molecule has 2 rings (SSSR count). The molecular formula is C16H18N2O4S. The van der Waals surface area contributed by atoms with Crippen LogP contribution in [0.5, 0.6) is 5.75 Å². The first-order valence-electron chi connectivity index (χ1n) is 7.22. The van der Waals surface area contributed by atoms with Crippen molar-refractivity contribution >= 4 is 28.3 Å². The molecule has 0 bridgehead atoms. The summed E-state index contributed by atoms with van der Waals surface area (Å²) < 4.78 is 5.10. The molecule has 23 heavy (non-hydrogen) atoms. The zero-order valence-corrected chi connectivity index (χ0v) is 13.8. The molecule has 1 aromatic heterocycles. The fourth-order valence-electron chi connectivity index (χ4n) is 1.98. The van der Waals surface area contributed by atoms with Crippen LogP contribution in [0, 0.1) is 6.92 Å². The quantitative estimate of drug-likeness (QED) is 0.811. The number of carbonyl (C=O) groups is 2. The molecule has 0 aliphatic carbocycles. The normalized spacial score (nSPS) is 10.3. The molecule has 0 aliphatic heterocycles. The summed E-state index contributed by atoms with van der Waals surface area (Å²) >= 11 is 1.43. The van der Waals surface area contributed by atoms with Crippen LogP contribution in [0.4, 0.5) is 5.13 Å². The van der Waals surface area contributed by atoms with E-state index in [1.165, 1.54) is 11.3 Å². The number of aliphatic carboxylic acids is 1. The van der Waals surface area contributed by atoms with Gasteiger partial charge in [0.25, 0.3) is 0 Å². The highest BCUT2D eigenvalue weighted by Gasteiger charge is 2.12. The first-order chi connectivity index (χ1) is 11.0. The molecule has 0 spiro atoms. The number of nitrogens with zero attached hydrogens (tertiary/aromatic N) is 1. The van der Waals surface area contributed by atoms with Gasteiger partial charge in [0.1, 0.15) is 5.75 Å². The average Bonchev–Trinajstić information content (AvgIpc) is 2.86. The van der Waals surface area contributed by atoms with Crippen LogP contribution in [0.15, 0.2) is 24.3 Å².